The van der Waals surface area contributed by atoms with Gasteiger partial charge in [0.25, 0.3) is 0 Å². The van der Waals surface area contributed by atoms with E-state index in [2.05, 4.69) is 34.2 Å². The minimum absolute atomic E-state index is 0.131. The maximum Gasteiger partial charge on any atom is 0.128 e. The van der Waals surface area contributed by atoms with E-state index >= 15 is 0 Å². The van der Waals surface area contributed by atoms with Gasteiger partial charge in [-0.1, -0.05) is 41.1 Å². The molecular formula is C18H21BrFN. The fourth-order valence-electron chi connectivity index (χ4n) is 2.80. The molecule has 21 heavy (non-hydrogen) atoms. The first-order valence-electron chi connectivity index (χ1n) is 7.20. The van der Waals surface area contributed by atoms with Crippen LogP contribution in [0.25, 0.3) is 0 Å². The largest absolute Gasteiger partial charge is 0.306 e. The van der Waals surface area contributed by atoms with Gasteiger partial charge in [0, 0.05) is 10.0 Å². The fourth-order valence-corrected chi connectivity index (χ4v) is 3.18. The van der Waals surface area contributed by atoms with Crippen molar-refractivity contribution in [3.8, 4) is 0 Å². The standard InChI is InChI=1S/C18H21BrFN/c1-5-21-18(14-7-6-8-15(19)13(14)4)17-12(3)9-11(2)10-16(17)20/h6-10,18,21H,5H2,1-4H3. The number of rotatable bonds is 4. The summed E-state index contributed by atoms with van der Waals surface area (Å²) in [5, 5.41) is 3.42. The monoisotopic (exact) mass is 349 g/mol. The lowest BCUT2D eigenvalue weighted by Crippen LogP contribution is -2.25. The molecule has 2 aromatic rings. The van der Waals surface area contributed by atoms with Crippen molar-refractivity contribution in [2.75, 3.05) is 6.54 Å². The van der Waals surface area contributed by atoms with E-state index in [4.69, 9.17) is 0 Å². The van der Waals surface area contributed by atoms with Crippen LogP contribution in [0.1, 0.15) is 40.8 Å². The lowest BCUT2D eigenvalue weighted by atomic mass is 9.91. The number of aryl methyl sites for hydroxylation is 2. The van der Waals surface area contributed by atoms with Crippen LogP contribution in [-0.2, 0) is 0 Å². The van der Waals surface area contributed by atoms with Gasteiger partial charge in [-0.05, 0) is 61.7 Å². The minimum Gasteiger partial charge on any atom is -0.306 e. The Morgan fingerprint density at radius 2 is 1.90 bits per heavy atom. The average Bonchev–Trinajstić information content (AvgIpc) is 2.40. The van der Waals surface area contributed by atoms with Gasteiger partial charge < -0.3 is 5.32 Å². The number of benzene rings is 2. The van der Waals surface area contributed by atoms with E-state index in [0.717, 1.165) is 38.8 Å². The first kappa shape index (κ1) is 16.2. The molecule has 0 spiro atoms. The summed E-state index contributed by atoms with van der Waals surface area (Å²) in [7, 11) is 0. The van der Waals surface area contributed by atoms with E-state index in [0.29, 0.717) is 0 Å². The SMILES string of the molecule is CCNC(c1cccc(Br)c1C)c1c(C)cc(C)cc1F. The molecule has 0 saturated carbocycles. The highest BCUT2D eigenvalue weighted by Crippen LogP contribution is 2.32. The predicted molar refractivity (Wildman–Crippen MR) is 90.3 cm³/mol. The summed E-state index contributed by atoms with van der Waals surface area (Å²) in [6.07, 6.45) is 0. The molecule has 0 aromatic heterocycles. The van der Waals surface area contributed by atoms with Crippen molar-refractivity contribution < 1.29 is 4.39 Å². The van der Waals surface area contributed by atoms with E-state index in [9.17, 15) is 4.39 Å². The average molecular weight is 350 g/mol. The van der Waals surface area contributed by atoms with E-state index < -0.39 is 0 Å². The molecule has 0 bridgehead atoms. The van der Waals surface area contributed by atoms with Gasteiger partial charge in [-0.3, -0.25) is 0 Å². The zero-order valence-corrected chi connectivity index (χ0v) is 14.5. The molecule has 2 aromatic carbocycles. The lowest BCUT2D eigenvalue weighted by Gasteiger charge is -2.24. The Hall–Kier alpha value is -1.19. The Morgan fingerprint density at radius 1 is 1.19 bits per heavy atom. The molecule has 112 valence electrons. The maximum atomic E-state index is 14.6. The molecule has 1 unspecified atom stereocenters. The highest BCUT2D eigenvalue weighted by molar-refractivity contribution is 9.10. The van der Waals surface area contributed by atoms with Gasteiger partial charge in [-0.25, -0.2) is 4.39 Å². The van der Waals surface area contributed by atoms with Crippen molar-refractivity contribution >= 4 is 15.9 Å². The van der Waals surface area contributed by atoms with Crippen molar-refractivity contribution in [3.63, 3.8) is 0 Å². The molecule has 2 rings (SSSR count). The van der Waals surface area contributed by atoms with Gasteiger partial charge in [0.05, 0.1) is 6.04 Å². The Bertz CT molecular complexity index is 629. The highest BCUT2D eigenvalue weighted by atomic mass is 79.9. The Kier molecular flexibility index (Phi) is 5.17. The Labute approximate surface area is 134 Å². The van der Waals surface area contributed by atoms with Crippen molar-refractivity contribution in [2.45, 2.75) is 33.7 Å². The molecule has 0 amide bonds. The minimum atomic E-state index is -0.141. The number of hydrogen-bond acceptors (Lipinski definition) is 1. The molecule has 0 saturated heterocycles. The third kappa shape index (κ3) is 3.35. The van der Waals surface area contributed by atoms with Crippen LogP contribution >= 0.6 is 15.9 Å². The van der Waals surface area contributed by atoms with Gasteiger partial charge in [0.15, 0.2) is 0 Å². The molecule has 0 heterocycles. The van der Waals surface area contributed by atoms with Gasteiger partial charge in [0.1, 0.15) is 5.82 Å². The topological polar surface area (TPSA) is 12.0 Å². The van der Waals surface area contributed by atoms with Crippen LogP contribution in [0.3, 0.4) is 0 Å². The molecule has 1 atom stereocenters. The fraction of sp³-hybridized carbons (Fsp3) is 0.333. The summed E-state index contributed by atoms with van der Waals surface area (Å²) >= 11 is 3.57. The molecule has 3 heteroatoms. The summed E-state index contributed by atoms with van der Waals surface area (Å²) in [6, 6.07) is 9.59. The van der Waals surface area contributed by atoms with Gasteiger partial charge in [0.2, 0.25) is 0 Å². The highest BCUT2D eigenvalue weighted by Gasteiger charge is 2.21. The Morgan fingerprint density at radius 3 is 2.52 bits per heavy atom. The van der Waals surface area contributed by atoms with E-state index in [1.807, 2.05) is 39.0 Å². The number of halogens is 2. The molecular weight excluding hydrogens is 329 g/mol. The summed E-state index contributed by atoms with van der Waals surface area (Å²) in [6.45, 7) is 8.78. The molecule has 0 fully saturated rings. The van der Waals surface area contributed by atoms with E-state index in [-0.39, 0.29) is 11.9 Å². The zero-order chi connectivity index (χ0) is 15.6. The second-order valence-electron chi connectivity index (χ2n) is 5.42. The van der Waals surface area contributed by atoms with Gasteiger partial charge in [-0.15, -0.1) is 0 Å². The Balaban J connectivity index is 2.62. The molecule has 1 nitrogen and oxygen atoms in total. The van der Waals surface area contributed by atoms with Crippen LogP contribution in [0, 0.1) is 26.6 Å². The van der Waals surface area contributed by atoms with Crippen LogP contribution < -0.4 is 5.32 Å². The van der Waals surface area contributed by atoms with Crippen molar-refractivity contribution in [1.29, 1.82) is 0 Å². The normalized spacial score (nSPS) is 12.5. The summed E-state index contributed by atoms with van der Waals surface area (Å²) < 4.78 is 15.6. The molecule has 0 aliphatic carbocycles. The maximum absolute atomic E-state index is 14.6. The molecule has 1 N–H and O–H groups in total. The van der Waals surface area contributed by atoms with Crippen LogP contribution in [0.4, 0.5) is 4.39 Å². The van der Waals surface area contributed by atoms with Crippen LogP contribution in [0.5, 0.6) is 0 Å². The zero-order valence-electron chi connectivity index (χ0n) is 12.9. The smallest absolute Gasteiger partial charge is 0.128 e. The predicted octanol–water partition coefficient (Wildman–Crippen LogP) is 5.21. The third-order valence-electron chi connectivity index (χ3n) is 3.80. The summed E-state index contributed by atoms with van der Waals surface area (Å²) in [4.78, 5) is 0. The quantitative estimate of drug-likeness (QED) is 0.798. The number of hydrogen-bond donors (Lipinski definition) is 1. The van der Waals surface area contributed by atoms with Crippen LogP contribution in [0.15, 0.2) is 34.8 Å². The molecule has 0 radical (unpaired) electrons. The molecule has 0 aliphatic heterocycles. The van der Waals surface area contributed by atoms with Crippen LogP contribution in [0.2, 0.25) is 0 Å². The van der Waals surface area contributed by atoms with Crippen molar-refractivity contribution in [2.24, 2.45) is 0 Å². The third-order valence-corrected chi connectivity index (χ3v) is 4.66. The van der Waals surface area contributed by atoms with E-state index in [1.54, 1.807) is 6.07 Å². The second-order valence-corrected chi connectivity index (χ2v) is 6.28. The van der Waals surface area contributed by atoms with Crippen LogP contribution in [-0.4, -0.2) is 6.54 Å². The van der Waals surface area contributed by atoms with E-state index in [1.165, 1.54) is 0 Å². The number of nitrogens with one attached hydrogen (secondary N) is 1. The summed E-state index contributed by atoms with van der Waals surface area (Å²) in [5.74, 6) is -0.141. The first-order chi connectivity index (χ1) is 9.95. The van der Waals surface area contributed by atoms with Crippen molar-refractivity contribution in [1.82, 2.24) is 5.32 Å². The lowest BCUT2D eigenvalue weighted by molar-refractivity contribution is 0.554. The first-order valence-corrected chi connectivity index (χ1v) is 8.00. The second kappa shape index (κ2) is 6.71. The van der Waals surface area contributed by atoms with Gasteiger partial charge in [-0.2, -0.15) is 0 Å². The summed E-state index contributed by atoms with van der Waals surface area (Å²) in [5.41, 5.74) is 4.93. The van der Waals surface area contributed by atoms with Crippen molar-refractivity contribution in [3.05, 3.63) is 68.4 Å². The van der Waals surface area contributed by atoms with Gasteiger partial charge >= 0.3 is 0 Å². The molecule has 0 aliphatic rings.